The molecule has 1 heterocycles. The van der Waals surface area contributed by atoms with Crippen molar-refractivity contribution in [2.75, 3.05) is 38.3 Å². The van der Waals surface area contributed by atoms with Crippen LogP contribution in [0.5, 0.6) is 0 Å². The van der Waals surface area contributed by atoms with Crippen LogP contribution in [0, 0.1) is 10.1 Å². The molecule has 0 bridgehead atoms. The van der Waals surface area contributed by atoms with E-state index in [0.717, 1.165) is 6.26 Å². The molecule has 30 heavy (non-hydrogen) atoms. The summed E-state index contributed by atoms with van der Waals surface area (Å²) < 4.78 is 24.9. The first-order valence-corrected chi connectivity index (χ1v) is 11.6. The van der Waals surface area contributed by atoms with Crippen molar-refractivity contribution in [1.29, 1.82) is 0 Å². The van der Waals surface area contributed by atoms with Crippen molar-refractivity contribution in [3.8, 4) is 0 Å². The molecule has 0 saturated carbocycles. The predicted octanol–water partition coefficient (Wildman–Crippen LogP) is 2.82. The van der Waals surface area contributed by atoms with Gasteiger partial charge in [0.25, 0.3) is 11.6 Å². The van der Waals surface area contributed by atoms with E-state index in [1.807, 2.05) is 19.0 Å². The van der Waals surface area contributed by atoms with Crippen LogP contribution in [0.15, 0.2) is 47.4 Å². The Bertz CT molecular complexity index is 1200. The van der Waals surface area contributed by atoms with Gasteiger partial charge in [-0.25, -0.2) is 13.4 Å². The number of nitrogens with zero attached hydrogens (tertiary/aromatic N) is 4. The molecule has 3 rings (SSSR count). The molecule has 0 aliphatic rings. The number of benzene rings is 2. The summed E-state index contributed by atoms with van der Waals surface area (Å²) in [6, 6.07) is 10.2. The lowest BCUT2D eigenvalue weighted by Gasteiger charge is -2.22. The molecule has 0 radical (unpaired) electrons. The van der Waals surface area contributed by atoms with Crippen LogP contribution < -0.4 is 4.90 Å². The maximum atomic E-state index is 13.2. The number of carbonyl (C=O) groups excluding carboxylic acids is 1. The molecule has 9 nitrogen and oxygen atoms in total. The summed E-state index contributed by atoms with van der Waals surface area (Å²) in [6.45, 7) is 0.866. The Hall–Kier alpha value is -2.89. The number of likely N-dealkylation sites (N-methyl/N-ethyl adjacent to an activating group) is 1. The quantitative estimate of drug-likeness (QED) is 0.403. The third kappa shape index (κ3) is 4.64. The summed E-state index contributed by atoms with van der Waals surface area (Å²) in [7, 11) is 0.255. The average molecular weight is 449 g/mol. The summed E-state index contributed by atoms with van der Waals surface area (Å²) in [5.74, 6) is -0.369. The van der Waals surface area contributed by atoms with Gasteiger partial charge in [-0.15, -0.1) is 0 Å². The van der Waals surface area contributed by atoms with Crippen molar-refractivity contribution in [3.05, 3.63) is 58.1 Å². The van der Waals surface area contributed by atoms with Gasteiger partial charge in [0.1, 0.15) is 5.52 Å². The first kappa shape index (κ1) is 21.8. The Kier molecular flexibility index (Phi) is 6.15. The summed E-state index contributed by atoms with van der Waals surface area (Å²) in [4.78, 5) is 31.5. The maximum Gasteiger partial charge on any atom is 0.269 e. The van der Waals surface area contributed by atoms with Crippen molar-refractivity contribution >= 4 is 48.1 Å². The number of carbonyl (C=O) groups is 1. The van der Waals surface area contributed by atoms with Crippen LogP contribution in [0.1, 0.15) is 10.4 Å². The van der Waals surface area contributed by atoms with Crippen LogP contribution in [0.3, 0.4) is 0 Å². The van der Waals surface area contributed by atoms with Gasteiger partial charge < -0.3 is 4.90 Å². The molecule has 0 fully saturated rings. The van der Waals surface area contributed by atoms with Crippen LogP contribution in [0.2, 0.25) is 0 Å². The Morgan fingerprint density at radius 1 is 1.13 bits per heavy atom. The van der Waals surface area contributed by atoms with E-state index in [9.17, 15) is 23.3 Å². The molecule has 0 unspecified atom stereocenters. The molecule has 1 amide bonds. The van der Waals surface area contributed by atoms with Crippen molar-refractivity contribution < 1.29 is 18.1 Å². The molecule has 0 aliphatic heterocycles. The lowest BCUT2D eigenvalue weighted by molar-refractivity contribution is -0.384. The van der Waals surface area contributed by atoms with Crippen LogP contribution >= 0.6 is 11.3 Å². The lowest BCUT2D eigenvalue weighted by Crippen LogP contribution is -2.36. The zero-order valence-electron chi connectivity index (χ0n) is 16.6. The Balaban J connectivity index is 2.05. The number of rotatable bonds is 7. The van der Waals surface area contributed by atoms with E-state index in [-0.39, 0.29) is 22.1 Å². The molecule has 0 aliphatic carbocycles. The van der Waals surface area contributed by atoms with Gasteiger partial charge in [0.2, 0.25) is 0 Å². The van der Waals surface area contributed by atoms with Gasteiger partial charge in [-0.2, -0.15) is 0 Å². The van der Waals surface area contributed by atoms with Gasteiger partial charge in [0.15, 0.2) is 15.0 Å². The van der Waals surface area contributed by atoms with Gasteiger partial charge in [-0.1, -0.05) is 17.4 Å². The highest BCUT2D eigenvalue weighted by atomic mass is 32.2. The second kappa shape index (κ2) is 8.46. The van der Waals surface area contributed by atoms with Gasteiger partial charge in [-0.3, -0.25) is 19.8 Å². The normalized spacial score (nSPS) is 11.7. The second-order valence-electron chi connectivity index (χ2n) is 6.94. The SMILES string of the molecule is CN(C)CCN(C(=O)c1ccc([N+](=O)[O-])cc1)c1nc2c(S(C)(=O)=O)cccc2s1. The molecule has 158 valence electrons. The van der Waals surface area contributed by atoms with Crippen molar-refractivity contribution in [2.45, 2.75) is 4.90 Å². The van der Waals surface area contributed by atoms with Crippen LogP contribution in [0.25, 0.3) is 10.2 Å². The molecule has 2 aromatic carbocycles. The summed E-state index contributed by atoms with van der Waals surface area (Å²) in [5, 5.41) is 11.2. The third-order valence-electron chi connectivity index (χ3n) is 4.34. The van der Waals surface area contributed by atoms with Crippen LogP contribution in [-0.4, -0.2) is 62.6 Å². The number of hydrogen-bond acceptors (Lipinski definition) is 8. The fourth-order valence-corrected chi connectivity index (χ4v) is 4.71. The number of non-ortho nitro benzene ring substituents is 1. The molecular weight excluding hydrogens is 428 g/mol. The van der Waals surface area contributed by atoms with Gasteiger partial charge in [0.05, 0.1) is 14.5 Å². The summed E-state index contributed by atoms with van der Waals surface area (Å²) >= 11 is 1.22. The maximum absolute atomic E-state index is 13.2. The lowest BCUT2D eigenvalue weighted by atomic mass is 10.2. The minimum Gasteiger partial charge on any atom is -0.308 e. The molecular formula is C19H20N4O5S2. The minimum absolute atomic E-state index is 0.107. The van der Waals surface area contributed by atoms with Crippen molar-refractivity contribution in [3.63, 3.8) is 0 Å². The largest absolute Gasteiger partial charge is 0.308 e. The number of para-hydroxylation sites is 1. The van der Waals surface area contributed by atoms with Crippen LogP contribution in [0.4, 0.5) is 10.8 Å². The molecule has 0 saturated heterocycles. The van der Waals surface area contributed by atoms with Gasteiger partial charge in [0, 0.05) is 37.0 Å². The first-order valence-electron chi connectivity index (χ1n) is 8.88. The molecule has 0 atom stereocenters. The highest BCUT2D eigenvalue weighted by Crippen LogP contribution is 2.33. The number of hydrogen-bond donors (Lipinski definition) is 0. The fraction of sp³-hybridized carbons (Fsp3) is 0.263. The number of nitro benzene ring substituents is 1. The highest BCUT2D eigenvalue weighted by Gasteiger charge is 2.24. The Morgan fingerprint density at radius 3 is 2.37 bits per heavy atom. The standard InChI is InChI=1S/C19H20N4O5S2/c1-21(2)11-12-22(18(24)13-7-9-14(10-8-13)23(25)26)19-20-17-15(29-19)5-4-6-16(17)30(3,27)28/h4-10H,11-12H2,1-3H3. The third-order valence-corrected chi connectivity index (χ3v) is 6.51. The van der Waals surface area contributed by atoms with E-state index in [1.54, 1.807) is 12.1 Å². The zero-order valence-corrected chi connectivity index (χ0v) is 18.2. The molecule has 3 aromatic rings. The number of thiazole rings is 1. The Morgan fingerprint density at radius 2 is 1.80 bits per heavy atom. The van der Waals surface area contributed by atoms with Gasteiger partial charge >= 0.3 is 0 Å². The highest BCUT2D eigenvalue weighted by molar-refractivity contribution is 7.91. The smallest absolute Gasteiger partial charge is 0.269 e. The topological polar surface area (TPSA) is 114 Å². The number of fused-ring (bicyclic) bond motifs is 1. The van der Waals surface area contributed by atoms with Crippen LogP contribution in [-0.2, 0) is 9.84 Å². The molecule has 0 spiro atoms. The fourth-order valence-electron chi connectivity index (χ4n) is 2.79. The predicted molar refractivity (Wildman–Crippen MR) is 116 cm³/mol. The molecule has 11 heteroatoms. The van der Waals surface area contributed by atoms with Crippen molar-refractivity contribution in [2.24, 2.45) is 0 Å². The van der Waals surface area contributed by atoms with Gasteiger partial charge in [-0.05, 0) is 38.4 Å². The zero-order chi connectivity index (χ0) is 22.1. The van der Waals surface area contributed by atoms with E-state index >= 15 is 0 Å². The number of sulfone groups is 1. The minimum atomic E-state index is -3.48. The van der Waals surface area contributed by atoms with E-state index < -0.39 is 14.8 Å². The molecule has 0 N–H and O–H groups in total. The number of amides is 1. The second-order valence-corrected chi connectivity index (χ2v) is 9.93. The number of nitro groups is 1. The van der Waals surface area contributed by atoms with E-state index in [4.69, 9.17) is 0 Å². The van der Waals surface area contributed by atoms with E-state index in [2.05, 4.69) is 4.98 Å². The van der Waals surface area contributed by atoms with Crippen molar-refractivity contribution in [1.82, 2.24) is 9.88 Å². The monoisotopic (exact) mass is 448 g/mol. The molecule has 1 aromatic heterocycles. The summed E-state index contributed by atoms with van der Waals surface area (Å²) in [6.07, 6.45) is 1.12. The number of aromatic nitrogens is 1. The Labute approximate surface area is 177 Å². The first-order chi connectivity index (χ1) is 14.1. The van der Waals surface area contributed by atoms with E-state index in [1.165, 1.54) is 46.6 Å². The number of anilines is 1. The summed E-state index contributed by atoms with van der Waals surface area (Å²) in [5.41, 5.74) is 0.498. The average Bonchev–Trinajstić information content (AvgIpc) is 3.10. The van der Waals surface area contributed by atoms with E-state index in [0.29, 0.717) is 28.4 Å².